The van der Waals surface area contributed by atoms with Crippen LogP contribution >= 0.6 is 0 Å². The maximum absolute atomic E-state index is 11.8. The first-order valence-electron chi connectivity index (χ1n) is 13.8. The predicted octanol–water partition coefficient (Wildman–Crippen LogP) is 6.50. The van der Waals surface area contributed by atoms with E-state index in [1.165, 1.54) is 18.4 Å². The average Bonchev–Trinajstić information content (AvgIpc) is 3.08. The lowest BCUT2D eigenvalue weighted by atomic mass is 9.35. The first kappa shape index (κ1) is 25.7. The molecular weight excluding hydrogens is 408 g/mol. The first-order valence-corrected chi connectivity index (χ1v) is 13.8. The maximum atomic E-state index is 11.8. The SMILES string of the molecule is CC(C)=CCC[C@](C)(O)[C@H]1CC[C@@]2(C)[C@@H]1[C@H](O)C[C@@H]1[C@@]3(C)CC[C@@H](O)C(C)(C)[C@H]3CC[C@]12C. The van der Waals surface area contributed by atoms with Crippen molar-refractivity contribution < 1.29 is 15.3 Å². The van der Waals surface area contributed by atoms with Crippen LogP contribution in [-0.2, 0) is 0 Å². The van der Waals surface area contributed by atoms with Gasteiger partial charge in [0, 0.05) is 0 Å². The van der Waals surface area contributed by atoms with Crippen LogP contribution in [0.5, 0.6) is 0 Å². The van der Waals surface area contributed by atoms with E-state index < -0.39 is 5.60 Å². The molecule has 3 heteroatoms. The lowest BCUT2D eigenvalue weighted by molar-refractivity contribution is -0.246. The number of allylic oxidation sites excluding steroid dienone is 2. The molecule has 10 atom stereocenters. The number of aliphatic hydroxyl groups is 3. The number of aliphatic hydroxyl groups excluding tert-OH is 2. The van der Waals surface area contributed by atoms with Crippen LogP contribution in [0.1, 0.15) is 113 Å². The largest absolute Gasteiger partial charge is 0.393 e. The van der Waals surface area contributed by atoms with Gasteiger partial charge in [0.25, 0.3) is 0 Å². The summed E-state index contributed by atoms with van der Waals surface area (Å²) in [7, 11) is 0. The molecule has 0 amide bonds. The van der Waals surface area contributed by atoms with Gasteiger partial charge in [-0.1, -0.05) is 46.3 Å². The molecule has 4 saturated carbocycles. The molecule has 0 unspecified atom stereocenters. The summed E-state index contributed by atoms with van der Waals surface area (Å²) in [5.41, 5.74) is 0.885. The third kappa shape index (κ3) is 3.61. The van der Waals surface area contributed by atoms with Crippen molar-refractivity contribution in [3.8, 4) is 0 Å². The predicted molar refractivity (Wildman–Crippen MR) is 136 cm³/mol. The molecule has 33 heavy (non-hydrogen) atoms. The van der Waals surface area contributed by atoms with Crippen LogP contribution in [0.25, 0.3) is 0 Å². The molecule has 190 valence electrons. The van der Waals surface area contributed by atoms with E-state index in [1.54, 1.807) is 0 Å². The minimum absolute atomic E-state index is 0.0503. The van der Waals surface area contributed by atoms with Crippen molar-refractivity contribution in [1.82, 2.24) is 0 Å². The van der Waals surface area contributed by atoms with Crippen molar-refractivity contribution >= 4 is 0 Å². The van der Waals surface area contributed by atoms with Crippen LogP contribution in [0.15, 0.2) is 11.6 Å². The maximum Gasteiger partial charge on any atom is 0.0654 e. The Bertz CT molecular complexity index is 779. The molecule has 4 rings (SSSR count). The molecule has 0 spiro atoms. The van der Waals surface area contributed by atoms with E-state index in [0.29, 0.717) is 11.8 Å². The summed E-state index contributed by atoms with van der Waals surface area (Å²) in [6.07, 6.45) is 10.6. The fraction of sp³-hybridized carbons (Fsp3) is 0.933. The van der Waals surface area contributed by atoms with Gasteiger partial charge < -0.3 is 15.3 Å². The summed E-state index contributed by atoms with van der Waals surface area (Å²) in [6.45, 7) is 18.3. The van der Waals surface area contributed by atoms with E-state index in [2.05, 4.69) is 54.5 Å². The van der Waals surface area contributed by atoms with Gasteiger partial charge >= 0.3 is 0 Å². The third-order valence-corrected chi connectivity index (χ3v) is 12.4. The van der Waals surface area contributed by atoms with E-state index in [-0.39, 0.29) is 45.7 Å². The molecule has 4 fully saturated rings. The second-order valence-corrected chi connectivity index (χ2v) is 14.5. The Morgan fingerprint density at radius 3 is 2.18 bits per heavy atom. The smallest absolute Gasteiger partial charge is 0.0654 e. The van der Waals surface area contributed by atoms with Gasteiger partial charge in [-0.15, -0.1) is 0 Å². The average molecular weight is 461 g/mol. The Hall–Kier alpha value is -0.380. The molecule has 4 aliphatic carbocycles. The number of hydrogen-bond acceptors (Lipinski definition) is 3. The molecule has 0 saturated heterocycles. The summed E-state index contributed by atoms with van der Waals surface area (Å²) in [5.74, 6) is 1.31. The van der Waals surface area contributed by atoms with Gasteiger partial charge in [0.15, 0.2) is 0 Å². The summed E-state index contributed by atoms with van der Waals surface area (Å²) < 4.78 is 0. The van der Waals surface area contributed by atoms with Gasteiger partial charge in [-0.3, -0.25) is 0 Å². The molecule has 0 radical (unpaired) electrons. The quantitative estimate of drug-likeness (QED) is 0.420. The Morgan fingerprint density at radius 1 is 0.909 bits per heavy atom. The highest BCUT2D eigenvalue weighted by Gasteiger charge is 2.71. The van der Waals surface area contributed by atoms with Gasteiger partial charge in [-0.25, -0.2) is 0 Å². The molecule has 3 N–H and O–H groups in total. The van der Waals surface area contributed by atoms with Crippen LogP contribution in [-0.4, -0.2) is 33.1 Å². The Labute approximate surface area is 203 Å². The van der Waals surface area contributed by atoms with E-state index >= 15 is 0 Å². The summed E-state index contributed by atoms with van der Waals surface area (Å²) >= 11 is 0. The fourth-order valence-electron chi connectivity index (χ4n) is 10.3. The normalized spacial score (nSPS) is 50.5. The molecule has 0 aromatic heterocycles. The summed E-state index contributed by atoms with van der Waals surface area (Å²) in [6, 6.07) is 0. The van der Waals surface area contributed by atoms with E-state index in [4.69, 9.17) is 0 Å². The van der Waals surface area contributed by atoms with Crippen LogP contribution in [0, 0.1) is 45.3 Å². The van der Waals surface area contributed by atoms with Gasteiger partial charge in [0.05, 0.1) is 17.8 Å². The Kier molecular flexibility index (Phi) is 6.28. The molecule has 4 aliphatic rings. The number of fused-ring (bicyclic) bond motifs is 5. The second-order valence-electron chi connectivity index (χ2n) is 14.5. The first-order chi connectivity index (χ1) is 15.1. The van der Waals surface area contributed by atoms with Crippen molar-refractivity contribution in [2.75, 3.05) is 0 Å². The van der Waals surface area contributed by atoms with Crippen LogP contribution in [0.4, 0.5) is 0 Å². The van der Waals surface area contributed by atoms with Crippen molar-refractivity contribution in [1.29, 1.82) is 0 Å². The van der Waals surface area contributed by atoms with Crippen LogP contribution in [0.3, 0.4) is 0 Å². The third-order valence-electron chi connectivity index (χ3n) is 12.4. The Balaban J connectivity index is 1.66. The summed E-state index contributed by atoms with van der Waals surface area (Å²) in [4.78, 5) is 0. The van der Waals surface area contributed by atoms with Crippen molar-refractivity contribution in [2.45, 2.75) is 131 Å². The molecule has 0 aromatic rings. The zero-order valence-electron chi connectivity index (χ0n) is 22.7. The molecule has 3 nitrogen and oxygen atoms in total. The molecule has 0 aromatic carbocycles. The topological polar surface area (TPSA) is 60.7 Å². The van der Waals surface area contributed by atoms with Crippen molar-refractivity contribution in [2.24, 2.45) is 45.3 Å². The monoisotopic (exact) mass is 460 g/mol. The van der Waals surface area contributed by atoms with Crippen molar-refractivity contribution in [3.63, 3.8) is 0 Å². The number of rotatable bonds is 4. The van der Waals surface area contributed by atoms with E-state index in [0.717, 1.165) is 44.9 Å². The zero-order chi connectivity index (χ0) is 24.6. The molecule has 0 heterocycles. The minimum Gasteiger partial charge on any atom is -0.393 e. The highest BCUT2D eigenvalue weighted by Crippen LogP contribution is 2.75. The lowest BCUT2D eigenvalue weighted by Gasteiger charge is -2.70. The second kappa shape index (κ2) is 8.07. The molecule has 0 bridgehead atoms. The van der Waals surface area contributed by atoms with Crippen molar-refractivity contribution in [3.05, 3.63) is 11.6 Å². The van der Waals surface area contributed by atoms with Gasteiger partial charge in [-0.2, -0.15) is 0 Å². The molecular formula is C30H52O3. The van der Waals surface area contributed by atoms with E-state index in [1.807, 2.05) is 6.92 Å². The summed E-state index contributed by atoms with van der Waals surface area (Å²) in [5, 5.41) is 34.3. The van der Waals surface area contributed by atoms with Crippen LogP contribution < -0.4 is 0 Å². The van der Waals surface area contributed by atoms with Crippen LogP contribution in [0.2, 0.25) is 0 Å². The fourth-order valence-corrected chi connectivity index (χ4v) is 10.3. The minimum atomic E-state index is -0.739. The van der Waals surface area contributed by atoms with E-state index in [9.17, 15) is 15.3 Å². The van der Waals surface area contributed by atoms with Gasteiger partial charge in [0.1, 0.15) is 0 Å². The molecule has 0 aliphatic heterocycles. The number of hydrogen-bond donors (Lipinski definition) is 3. The van der Waals surface area contributed by atoms with Gasteiger partial charge in [-0.05, 0) is 124 Å². The van der Waals surface area contributed by atoms with Gasteiger partial charge in [0.2, 0.25) is 0 Å². The lowest BCUT2D eigenvalue weighted by Crippen LogP contribution is -2.66. The highest BCUT2D eigenvalue weighted by molar-refractivity contribution is 5.20. The Morgan fingerprint density at radius 2 is 1.55 bits per heavy atom. The zero-order valence-corrected chi connectivity index (χ0v) is 22.7. The highest BCUT2D eigenvalue weighted by atomic mass is 16.3. The standard InChI is InChI=1S/C30H52O3/c1-19(2)10-9-14-30(8,33)20-11-16-29(7)25(20)21(31)18-23-27(5)15-13-24(32)26(3,4)22(27)12-17-28(23,29)6/h10,20-25,31-33H,9,11-18H2,1-8H3/t20-,21+,22+,23+,24+,25-,27-,28+,29-,30-/m0/s1.